The zero-order valence-electron chi connectivity index (χ0n) is 28.4. The van der Waals surface area contributed by atoms with Crippen molar-refractivity contribution >= 4 is 34.6 Å². The quantitative estimate of drug-likeness (QED) is 0.145. The lowest BCUT2D eigenvalue weighted by molar-refractivity contribution is -0.119. The number of methoxy groups -OCH3 is 1. The van der Waals surface area contributed by atoms with Crippen molar-refractivity contribution in [3.8, 4) is 39.4 Å². The molecule has 1 atom stereocenters. The lowest BCUT2D eigenvalue weighted by atomic mass is 9.77. The highest BCUT2D eigenvalue weighted by Gasteiger charge is 2.38. The first-order valence-electron chi connectivity index (χ1n) is 16.8. The molecular formula is C37H38Cl2FN7O4. The molecule has 1 amide bonds. The van der Waals surface area contributed by atoms with E-state index in [-0.39, 0.29) is 41.5 Å². The molecule has 4 heterocycles. The van der Waals surface area contributed by atoms with Crippen molar-refractivity contribution in [2.24, 2.45) is 7.05 Å². The molecule has 0 bridgehead atoms. The monoisotopic (exact) mass is 733 g/mol. The summed E-state index contributed by atoms with van der Waals surface area (Å²) in [6, 6.07) is 14.2. The highest BCUT2D eigenvalue weighted by atomic mass is 35.5. The van der Waals surface area contributed by atoms with Crippen LogP contribution in [0, 0.1) is 5.82 Å². The molecule has 0 spiro atoms. The number of aliphatic hydroxyl groups is 1. The molecule has 1 unspecified atom stereocenters. The van der Waals surface area contributed by atoms with Crippen LogP contribution in [-0.2, 0) is 24.9 Å². The molecule has 14 heteroatoms. The fraction of sp³-hybridized carbons (Fsp3) is 0.351. The van der Waals surface area contributed by atoms with Crippen molar-refractivity contribution in [1.82, 2.24) is 35.1 Å². The molecule has 1 aliphatic carbocycles. The van der Waals surface area contributed by atoms with Gasteiger partial charge in [0.1, 0.15) is 17.2 Å². The summed E-state index contributed by atoms with van der Waals surface area (Å²) in [6.07, 6.45) is 4.29. The van der Waals surface area contributed by atoms with Gasteiger partial charge in [-0.15, -0.1) is 0 Å². The number of carbonyl (C=O) groups is 1. The highest BCUT2D eigenvalue weighted by molar-refractivity contribution is 6.39. The largest absolute Gasteiger partial charge is 0.481 e. The Bertz CT molecular complexity index is 2210. The van der Waals surface area contributed by atoms with Crippen LogP contribution >= 0.6 is 23.2 Å². The number of rotatable bonds is 11. The predicted octanol–water partition coefficient (Wildman–Crippen LogP) is 5.25. The maximum absolute atomic E-state index is 15.6. The van der Waals surface area contributed by atoms with E-state index in [0.717, 1.165) is 6.42 Å². The van der Waals surface area contributed by atoms with Gasteiger partial charge in [0.15, 0.2) is 0 Å². The summed E-state index contributed by atoms with van der Waals surface area (Å²) >= 11 is 14.1. The van der Waals surface area contributed by atoms with Gasteiger partial charge in [-0.3, -0.25) is 14.2 Å². The number of nitrogens with zero attached hydrogens (tertiary/aromatic N) is 4. The average molecular weight is 735 g/mol. The van der Waals surface area contributed by atoms with Crippen LogP contribution in [0.25, 0.3) is 39.0 Å². The van der Waals surface area contributed by atoms with Crippen LogP contribution in [0.2, 0.25) is 10.0 Å². The van der Waals surface area contributed by atoms with Crippen molar-refractivity contribution in [2.45, 2.75) is 63.4 Å². The van der Waals surface area contributed by atoms with Crippen LogP contribution in [0.5, 0.6) is 5.88 Å². The van der Waals surface area contributed by atoms with Gasteiger partial charge < -0.3 is 25.8 Å². The van der Waals surface area contributed by atoms with Crippen LogP contribution < -0.4 is 26.2 Å². The molecule has 1 aliphatic heterocycles. The molecule has 1 saturated heterocycles. The third kappa shape index (κ3) is 6.98. The minimum atomic E-state index is -0.654. The Balaban J connectivity index is 1.16. The summed E-state index contributed by atoms with van der Waals surface area (Å²) in [6.45, 7) is 2.87. The van der Waals surface area contributed by atoms with E-state index >= 15 is 4.39 Å². The maximum atomic E-state index is 15.6. The number of fused-ring (bicyclic) bond motifs is 1. The first kappa shape index (κ1) is 35.1. The first-order chi connectivity index (χ1) is 24.4. The van der Waals surface area contributed by atoms with Crippen molar-refractivity contribution in [3.05, 3.63) is 92.3 Å². The second-order valence-electron chi connectivity index (χ2n) is 13.6. The molecule has 5 aromatic rings. The molecule has 4 N–H and O–H groups in total. The van der Waals surface area contributed by atoms with E-state index in [9.17, 15) is 14.7 Å². The Morgan fingerprint density at radius 1 is 1.06 bits per heavy atom. The van der Waals surface area contributed by atoms with Gasteiger partial charge in [0.2, 0.25) is 11.8 Å². The van der Waals surface area contributed by atoms with Crippen LogP contribution in [0.4, 0.5) is 4.39 Å². The fourth-order valence-electron chi connectivity index (χ4n) is 6.95. The summed E-state index contributed by atoms with van der Waals surface area (Å²) < 4.78 is 24.1. The zero-order valence-corrected chi connectivity index (χ0v) is 29.9. The van der Waals surface area contributed by atoms with Gasteiger partial charge in [0.05, 0.1) is 40.6 Å². The molecule has 1 saturated carbocycles. The number of amides is 1. The molecule has 11 nitrogen and oxygen atoms in total. The topological polar surface area (TPSA) is 135 Å². The SMILES string of the molecule is COc1nc(-c2cccc(-c3cccc(-c4cc5c(=O)n(C)c(CNC6CC(C)(O)C6)nn5c4)c3Cl)c2Cl)cc(F)c1CNCC1CCC(=O)N1. The molecule has 0 radical (unpaired) electrons. The highest BCUT2D eigenvalue weighted by Crippen LogP contribution is 2.43. The molecule has 51 heavy (non-hydrogen) atoms. The summed E-state index contributed by atoms with van der Waals surface area (Å²) in [5.74, 6) is 0.211. The number of aromatic nitrogens is 4. The lowest BCUT2D eigenvalue weighted by Crippen LogP contribution is -2.51. The number of hydrogen-bond acceptors (Lipinski definition) is 8. The Kier molecular flexibility index (Phi) is 9.63. The number of carbonyl (C=O) groups excluding carboxylic acids is 1. The summed E-state index contributed by atoms with van der Waals surface area (Å²) in [7, 11) is 3.13. The molecule has 266 valence electrons. The first-order valence-corrected chi connectivity index (χ1v) is 17.5. The van der Waals surface area contributed by atoms with Crippen LogP contribution in [0.1, 0.15) is 44.0 Å². The van der Waals surface area contributed by atoms with Crippen molar-refractivity contribution in [1.29, 1.82) is 0 Å². The van der Waals surface area contributed by atoms with Gasteiger partial charge in [-0.1, -0.05) is 59.6 Å². The molecule has 7 rings (SSSR count). The van der Waals surface area contributed by atoms with E-state index in [2.05, 4.69) is 20.9 Å². The average Bonchev–Trinajstić information content (AvgIpc) is 3.71. The van der Waals surface area contributed by atoms with Crippen LogP contribution in [0.15, 0.2) is 59.5 Å². The lowest BCUT2D eigenvalue weighted by Gasteiger charge is -2.41. The Morgan fingerprint density at radius 3 is 2.41 bits per heavy atom. The van der Waals surface area contributed by atoms with Gasteiger partial charge in [-0.05, 0) is 32.3 Å². The number of ether oxygens (including phenoxy) is 1. The summed E-state index contributed by atoms with van der Waals surface area (Å²) in [5, 5.41) is 25.0. The molecule has 2 aromatic carbocycles. The minimum Gasteiger partial charge on any atom is -0.481 e. The zero-order chi connectivity index (χ0) is 36.0. The van der Waals surface area contributed by atoms with Crippen molar-refractivity contribution in [3.63, 3.8) is 0 Å². The number of benzene rings is 2. The number of pyridine rings is 1. The van der Waals surface area contributed by atoms with E-state index in [1.807, 2.05) is 31.2 Å². The smallest absolute Gasteiger partial charge is 0.277 e. The summed E-state index contributed by atoms with van der Waals surface area (Å²) in [4.78, 5) is 29.5. The second kappa shape index (κ2) is 14.0. The number of nitrogens with one attached hydrogen (secondary N) is 3. The van der Waals surface area contributed by atoms with Gasteiger partial charge in [0, 0.05) is 78.7 Å². The number of halogens is 3. The Morgan fingerprint density at radius 2 is 1.75 bits per heavy atom. The predicted molar refractivity (Wildman–Crippen MR) is 194 cm³/mol. The van der Waals surface area contributed by atoms with Gasteiger partial charge in [-0.25, -0.2) is 13.9 Å². The molecule has 2 aliphatic rings. The third-order valence-corrected chi connectivity index (χ3v) is 10.5. The summed E-state index contributed by atoms with van der Waals surface area (Å²) in [5.41, 5.74) is 3.25. The molecular weight excluding hydrogens is 696 g/mol. The van der Waals surface area contributed by atoms with E-state index in [4.69, 9.17) is 33.0 Å². The number of hydrogen-bond donors (Lipinski definition) is 4. The van der Waals surface area contributed by atoms with Crippen LogP contribution in [0.3, 0.4) is 0 Å². The van der Waals surface area contributed by atoms with Gasteiger partial charge >= 0.3 is 0 Å². The van der Waals surface area contributed by atoms with Crippen molar-refractivity contribution in [2.75, 3.05) is 13.7 Å². The maximum Gasteiger partial charge on any atom is 0.277 e. The second-order valence-corrected chi connectivity index (χ2v) is 14.3. The molecule has 3 aromatic heterocycles. The normalized spacial score (nSPS) is 20.1. The Labute approximate surface area is 303 Å². The minimum absolute atomic E-state index is 0.00422. The van der Waals surface area contributed by atoms with E-state index < -0.39 is 11.4 Å². The third-order valence-electron chi connectivity index (χ3n) is 9.73. The van der Waals surface area contributed by atoms with Gasteiger partial charge in [0.25, 0.3) is 5.56 Å². The van der Waals surface area contributed by atoms with Gasteiger partial charge in [-0.2, -0.15) is 5.10 Å². The van der Waals surface area contributed by atoms with Crippen LogP contribution in [-0.4, -0.2) is 61.5 Å². The van der Waals surface area contributed by atoms with E-state index in [1.165, 1.54) is 17.7 Å². The van der Waals surface area contributed by atoms with E-state index in [1.54, 1.807) is 36.0 Å². The fourth-order valence-corrected chi connectivity index (χ4v) is 7.61. The standard InChI is InChI=1S/C37H38Cl2FN7O4/c1-37(50)14-22(15-37)42-18-31-45-47-19-20(12-30(47)36(49)46(31)2)23-6-4-7-24(33(23)38)25-8-5-9-26(34(25)39)29-13-28(40)27(35(44-29)51-3)17-41-16-21-10-11-32(48)43-21/h4-9,12-13,19,21-22,41-42,50H,10-11,14-18H2,1-3H3,(H,43,48). The van der Waals surface area contributed by atoms with Crippen molar-refractivity contribution < 1.29 is 19.0 Å². The Hall–Kier alpha value is -4.33. The van der Waals surface area contributed by atoms with E-state index in [0.29, 0.717) is 87.2 Å². The molecule has 2 fully saturated rings.